The number of benzene rings is 2. The SMILES string of the molecule is Cc1cccc(NC(=O)/C(C#N)=C\c2c(Oc3cccc(C)c3)nc3ccccn3c2=O)c1. The summed E-state index contributed by atoms with van der Waals surface area (Å²) in [6.45, 7) is 3.81. The Bertz CT molecular complexity index is 1500. The zero-order chi connectivity index (χ0) is 23.4. The molecule has 162 valence electrons. The van der Waals surface area contributed by atoms with Crippen LogP contribution in [0.5, 0.6) is 11.6 Å². The lowest BCUT2D eigenvalue weighted by atomic mass is 10.1. The molecule has 0 fully saturated rings. The molecule has 0 saturated heterocycles. The van der Waals surface area contributed by atoms with Crippen molar-refractivity contribution in [2.45, 2.75) is 13.8 Å². The Morgan fingerprint density at radius 1 is 1.06 bits per heavy atom. The molecule has 0 bridgehead atoms. The summed E-state index contributed by atoms with van der Waals surface area (Å²) in [5.74, 6) is -0.144. The van der Waals surface area contributed by atoms with Crippen LogP contribution in [0, 0.1) is 25.2 Å². The van der Waals surface area contributed by atoms with Gasteiger partial charge in [0.2, 0.25) is 5.88 Å². The first-order valence-corrected chi connectivity index (χ1v) is 10.2. The number of pyridine rings is 1. The van der Waals surface area contributed by atoms with Gasteiger partial charge in [-0.3, -0.25) is 14.0 Å². The minimum atomic E-state index is -0.637. The van der Waals surface area contributed by atoms with Crippen LogP contribution in [-0.2, 0) is 4.79 Å². The van der Waals surface area contributed by atoms with Crippen molar-refractivity contribution in [3.63, 3.8) is 0 Å². The third kappa shape index (κ3) is 4.81. The number of nitrogens with one attached hydrogen (secondary N) is 1. The summed E-state index contributed by atoms with van der Waals surface area (Å²) in [5.41, 5.74) is 2.14. The molecule has 1 N–H and O–H groups in total. The molecule has 7 heteroatoms. The number of hydrogen-bond acceptors (Lipinski definition) is 5. The second-order valence-corrected chi connectivity index (χ2v) is 7.48. The predicted octanol–water partition coefficient (Wildman–Crippen LogP) is 4.65. The van der Waals surface area contributed by atoms with Crippen molar-refractivity contribution >= 4 is 23.3 Å². The van der Waals surface area contributed by atoms with Crippen molar-refractivity contribution in [2.75, 3.05) is 5.32 Å². The topological polar surface area (TPSA) is 96.5 Å². The van der Waals surface area contributed by atoms with E-state index in [9.17, 15) is 14.9 Å². The van der Waals surface area contributed by atoms with E-state index in [1.807, 2.05) is 38.1 Å². The normalized spacial score (nSPS) is 11.1. The van der Waals surface area contributed by atoms with Gasteiger partial charge in [0.15, 0.2) is 0 Å². The monoisotopic (exact) mass is 436 g/mol. The summed E-state index contributed by atoms with van der Waals surface area (Å²) in [4.78, 5) is 30.5. The largest absolute Gasteiger partial charge is 0.438 e. The van der Waals surface area contributed by atoms with Crippen LogP contribution in [-0.4, -0.2) is 15.3 Å². The molecule has 0 saturated carbocycles. The zero-order valence-corrected chi connectivity index (χ0v) is 18.1. The molecule has 0 atom stereocenters. The van der Waals surface area contributed by atoms with E-state index < -0.39 is 11.5 Å². The van der Waals surface area contributed by atoms with E-state index in [-0.39, 0.29) is 17.0 Å². The van der Waals surface area contributed by atoms with E-state index >= 15 is 0 Å². The first kappa shape index (κ1) is 21.5. The van der Waals surface area contributed by atoms with Gasteiger partial charge in [0.05, 0.1) is 0 Å². The van der Waals surface area contributed by atoms with E-state index in [1.165, 1.54) is 10.5 Å². The number of carbonyl (C=O) groups excluding carboxylic acids is 1. The molecule has 0 aliphatic heterocycles. The van der Waals surface area contributed by atoms with Crippen LogP contribution in [0.3, 0.4) is 0 Å². The van der Waals surface area contributed by atoms with E-state index in [0.29, 0.717) is 17.1 Å². The van der Waals surface area contributed by atoms with Gasteiger partial charge in [0.25, 0.3) is 11.5 Å². The highest BCUT2D eigenvalue weighted by Gasteiger charge is 2.17. The van der Waals surface area contributed by atoms with Crippen molar-refractivity contribution in [2.24, 2.45) is 0 Å². The maximum Gasteiger partial charge on any atom is 0.269 e. The van der Waals surface area contributed by atoms with Gasteiger partial charge < -0.3 is 10.1 Å². The van der Waals surface area contributed by atoms with Crippen molar-refractivity contribution in [1.29, 1.82) is 5.26 Å². The third-order valence-corrected chi connectivity index (χ3v) is 4.87. The fourth-order valence-corrected chi connectivity index (χ4v) is 3.29. The number of amides is 1. The van der Waals surface area contributed by atoms with Crippen LogP contribution in [0.2, 0.25) is 0 Å². The van der Waals surface area contributed by atoms with Crippen LogP contribution in [0.1, 0.15) is 16.7 Å². The second kappa shape index (κ2) is 9.20. The lowest BCUT2D eigenvalue weighted by Crippen LogP contribution is -2.20. The predicted molar refractivity (Wildman–Crippen MR) is 126 cm³/mol. The van der Waals surface area contributed by atoms with E-state index in [1.54, 1.807) is 54.7 Å². The second-order valence-electron chi connectivity index (χ2n) is 7.48. The van der Waals surface area contributed by atoms with E-state index in [2.05, 4.69) is 10.3 Å². The van der Waals surface area contributed by atoms with Gasteiger partial charge >= 0.3 is 0 Å². The van der Waals surface area contributed by atoms with E-state index in [4.69, 9.17) is 4.74 Å². The van der Waals surface area contributed by atoms with Gasteiger partial charge in [-0.2, -0.15) is 10.2 Å². The number of rotatable bonds is 5. The number of ether oxygens (including phenoxy) is 1. The number of anilines is 1. The number of carbonyl (C=O) groups is 1. The maximum atomic E-state index is 13.2. The molecule has 7 nitrogen and oxygen atoms in total. The minimum absolute atomic E-state index is 0.00357. The number of hydrogen-bond donors (Lipinski definition) is 1. The van der Waals surface area contributed by atoms with Crippen LogP contribution in [0.25, 0.3) is 11.7 Å². The van der Waals surface area contributed by atoms with Crippen LogP contribution in [0.15, 0.2) is 83.3 Å². The van der Waals surface area contributed by atoms with Gasteiger partial charge in [-0.1, -0.05) is 30.3 Å². The molecule has 2 heterocycles. The number of aromatic nitrogens is 2. The Morgan fingerprint density at radius 3 is 2.55 bits per heavy atom. The third-order valence-electron chi connectivity index (χ3n) is 4.87. The Labute approximate surface area is 190 Å². The Morgan fingerprint density at radius 2 is 1.82 bits per heavy atom. The Kier molecular flexibility index (Phi) is 6.00. The smallest absolute Gasteiger partial charge is 0.269 e. The van der Waals surface area contributed by atoms with Crippen molar-refractivity contribution in [3.8, 4) is 17.7 Å². The fraction of sp³-hybridized carbons (Fsp3) is 0.0769. The molecule has 0 aliphatic carbocycles. The lowest BCUT2D eigenvalue weighted by molar-refractivity contribution is -0.112. The number of aryl methyl sites for hydroxylation is 2. The first-order valence-electron chi connectivity index (χ1n) is 10.2. The molecule has 0 aliphatic rings. The number of nitriles is 1. The van der Waals surface area contributed by atoms with Crippen molar-refractivity contribution < 1.29 is 9.53 Å². The highest BCUT2D eigenvalue weighted by molar-refractivity contribution is 6.09. The van der Waals surface area contributed by atoms with Gasteiger partial charge in [0, 0.05) is 11.9 Å². The summed E-state index contributed by atoms with van der Waals surface area (Å²) >= 11 is 0. The summed E-state index contributed by atoms with van der Waals surface area (Å²) in [6.07, 6.45) is 2.78. The van der Waals surface area contributed by atoms with Crippen molar-refractivity contribution in [1.82, 2.24) is 9.38 Å². The molecule has 4 aromatic rings. The van der Waals surface area contributed by atoms with E-state index in [0.717, 1.165) is 11.1 Å². The first-order chi connectivity index (χ1) is 15.9. The molecule has 1 amide bonds. The minimum Gasteiger partial charge on any atom is -0.438 e. The molecule has 2 aromatic carbocycles. The molecule has 0 spiro atoms. The highest BCUT2D eigenvalue weighted by atomic mass is 16.5. The standard InChI is InChI=1S/C26H20N4O3/c1-17-7-5-9-20(13-17)28-24(31)19(16-27)15-22-25(33-21-10-6-8-18(2)14-21)29-23-11-3-4-12-30(23)26(22)32/h3-15H,1-2H3,(H,28,31)/b19-15-. The summed E-state index contributed by atoms with van der Waals surface area (Å²) in [7, 11) is 0. The van der Waals surface area contributed by atoms with Gasteiger partial charge in [-0.25, -0.2) is 0 Å². The molecule has 2 aromatic heterocycles. The molecule has 33 heavy (non-hydrogen) atoms. The van der Waals surface area contributed by atoms with Gasteiger partial charge in [-0.15, -0.1) is 0 Å². The van der Waals surface area contributed by atoms with Crippen molar-refractivity contribution in [3.05, 3.63) is 106 Å². The summed E-state index contributed by atoms with van der Waals surface area (Å²) < 4.78 is 7.26. The maximum absolute atomic E-state index is 13.2. The van der Waals surface area contributed by atoms with Crippen LogP contribution in [0.4, 0.5) is 5.69 Å². The number of fused-ring (bicyclic) bond motifs is 1. The molecule has 0 unspecified atom stereocenters. The molecular formula is C26H20N4O3. The Balaban J connectivity index is 1.80. The number of nitrogens with zero attached hydrogens (tertiary/aromatic N) is 3. The van der Waals surface area contributed by atoms with Gasteiger partial charge in [-0.05, 0) is 67.4 Å². The highest BCUT2D eigenvalue weighted by Crippen LogP contribution is 2.25. The van der Waals surface area contributed by atoms with Crippen LogP contribution < -0.4 is 15.6 Å². The lowest BCUT2D eigenvalue weighted by Gasteiger charge is -2.11. The molecule has 0 radical (unpaired) electrons. The molecule has 4 rings (SSSR count). The van der Waals surface area contributed by atoms with Crippen LogP contribution >= 0.6 is 0 Å². The average Bonchev–Trinajstić information content (AvgIpc) is 2.79. The van der Waals surface area contributed by atoms with Gasteiger partial charge in [0.1, 0.15) is 28.6 Å². The average molecular weight is 436 g/mol. The quantitative estimate of drug-likeness (QED) is 0.363. The summed E-state index contributed by atoms with van der Waals surface area (Å²) in [6, 6.07) is 21.5. The molecular weight excluding hydrogens is 416 g/mol. The fourth-order valence-electron chi connectivity index (χ4n) is 3.29. The Hall–Kier alpha value is -4.70. The summed E-state index contributed by atoms with van der Waals surface area (Å²) in [5, 5.41) is 12.3. The zero-order valence-electron chi connectivity index (χ0n) is 18.1.